The fraction of sp³-hybridized carbons (Fsp3) is 0.0968. The van der Waals surface area contributed by atoms with Crippen molar-refractivity contribution in [1.82, 2.24) is 0 Å². The number of aryl methyl sites for hydroxylation is 1. The van der Waals surface area contributed by atoms with E-state index < -0.39 is 0 Å². The first-order valence-corrected chi connectivity index (χ1v) is 12.3. The van der Waals surface area contributed by atoms with E-state index in [1.165, 1.54) is 33.2 Å². The number of fused-ring (bicyclic) bond motifs is 1. The molecular formula is C31H26BrN. The van der Waals surface area contributed by atoms with E-state index in [1.807, 2.05) is 0 Å². The maximum Gasteiger partial charge on any atom is 0.0540 e. The Morgan fingerprint density at radius 2 is 1.15 bits per heavy atom. The Morgan fingerprint density at radius 3 is 1.82 bits per heavy atom. The largest absolute Gasteiger partial charge is 0.310 e. The minimum atomic E-state index is 1.09. The molecular weight excluding hydrogens is 466 g/mol. The third-order valence-electron chi connectivity index (χ3n) is 6.07. The Labute approximate surface area is 204 Å². The first-order chi connectivity index (χ1) is 16.2. The highest BCUT2D eigenvalue weighted by Crippen LogP contribution is 2.40. The van der Waals surface area contributed by atoms with Crippen molar-refractivity contribution in [3.63, 3.8) is 0 Å². The monoisotopic (exact) mass is 491 g/mol. The summed E-state index contributed by atoms with van der Waals surface area (Å²) in [6, 6.07) is 41.3. The summed E-state index contributed by atoms with van der Waals surface area (Å²) >= 11 is 3.53. The quantitative estimate of drug-likeness (QED) is 0.228. The number of hydrogen-bond donors (Lipinski definition) is 0. The van der Waals surface area contributed by atoms with Crippen LogP contribution in [0.15, 0.2) is 120 Å². The highest BCUT2D eigenvalue weighted by molar-refractivity contribution is 9.10. The van der Waals surface area contributed by atoms with Crippen LogP contribution in [0, 0.1) is 0 Å². The normalized spacial score (nSPS) is 11.0. The lowest BCUT2D eigenvalue weighted by atomic mass is 9.98. The Hall–Kier alpha value is -3.36. The standard InChI is InChI=1S/C31H26BrN/c1-2-8-25-17-22-31(30-12-7-6-11-29(25)30)33(27-9-4-3-5-10-27)28-20-15-24(16-21-28)23-13-18-26(32)19-14-23/h3-7,9-22H,2,8H2,1H3. The van der Waals surface area contributed by atoms with Gasteiger partial charge in [-0.05, 0) is 71.0 Å². The summed E-state index contributed by atoms with van der Waals surface area (Å²) in [5, 5.41) is 2.62. The average Bonchev–Trinajstić information content (AvgIpc) is 2.87. The summed E-state index contributed by atoms with van der Waals surface area (Å²) in [4.78, 5) is 2.36. The maximum absolute atomic E-state index is 3.53. The summed E-state index contributed by atoms with van der Waals surface area (Å²) < 4.78 is 1.09. The molecule has 5 aromatic carbocycles. The molecule has 0 saturated carbocycles. The topological polar surface area (TPSA) is 3.24 Å². The van der Waals surface area contributed by atoms with E-state index in [4.69, 9.17) is 0 Å². The second kappa shape index (κ2) is 9.64. The van der Waals surface area contributed by atoms with Crippen LogP contribution in [0.5, 0.6) is 0 Å². The van der Waals surface area contributed by atoms with Crippen LogP contribution in [0.2, 0.25) is 0 Å². The molecule has 0 aliphatic heterocycles. The lowest BCUT2D eigenvalue weighted by molar-refractivity contribution is 0.929. The van der Waals surface area contributed by atoms with Gasteiger partial charge in [0.25, 0.3) is 0 Å². The van der Waals surface area contributed by atoms with Crippen LogP contribution >= 0.6 is 15.9 Å². The molecule has 0 fully saturated rings. The average molecular weight is 492 g/mol. The van der Waals surface area contributed by atoms with Crippen molar-refractivity contribution >= 4 is 43.8 Å². The zero-order valence-corrected chi connectivity index (χ0v) is 20.3. The molecule has 0 spiro atoms. The lowest BCUT2D eigenvalue weighted by Crippen LogP contribution is -2.10. The molecule has 0 amide bonds. The summed E-state index contributed by atoms with van der Waals surface area (Å²) in [7, 11) is 0. The van der Waals surface area contributed by atoms with Crippen molar-refractivity contribution in [2.24, 2.45) is 0 Å². The highest BCUT2D eigenvalue weighted by Gasteiger charge is 2.16. The Morgan fingerprint density at radius 1 is 0.576 bits per heavy atom. The minimum absolute atomic E-state index is 1.09. The van der Waals surface area contributed by atoms with Crippen molar-refractivity contribution in [2.75, 3.05) is 4.90 Å². The van der Waals surface area contributed by atoms with E-state index in [1.54, 1.807) is 0 Å². The van der Waals surface area contributed by atoms with Gasteiger partial charge in [-0.3, -0.25) is 0 Å². The Bertz CT molecular complexity index is 1360. The van der Waals surface area contributed by atoms with Crippen LogP contribution in [0.3, 0.4) is 0 Å². The number of nitrogens with zero attached hydrogens (tertiary/aromatic N) is 1. The molecule has 33 heavy (non-hydrogen) atoms. The number of hydrogen-bond acceptors (Lipinski definition) is 1. The van der Waals surface area contributed by atoms with Gasteiger partial charge in [0.2, 0.25) is 0 Å². The molecule has 0 N–H and O–H groups in total. The van der Waals surface area contributed by atoms with Gasteiger partial charge >= 0.3 is 0 Å². The van der Waals surface area contributed by atoms with Gasteiger partial charge in [0.1, 0.15) is 0 Å². The second-order valence-corrected chi connectivity index (χ2v) is 9.18. The predicted molar refractivity (Wildman–Crippen MR) is 146 cm³/mol. The molecule has 0 heterocycles. The van der Waals surface area contributed by atoms with Crippen molar-refractivity contribution in [3.05, 3.63) is 125 Å². The Kier molecular flexibility index (Phi) is 6.28. The molecule has 1 nitrogen and oxygen atoms in total. The van der Waals surface area contributed by atoms with Gasteiger partial charge < -0.3 is 4.90 Å². The first kappa shape index (κ1) is 21.5. The van der Waals surface area contributed by atoms with Gasteiger partial charge in [-0.15, -0.1) is 0 Å². The van der Waals surface area contributed by atoms with Crippen LogP contribution in [0.1, 0.15) is 18.9 Å². The molecule has 0 unspecified atom stereocenters. The van der Waals surface area contributed by atoms with Crippen molar-refractivity contribution < 1.29 is 0 Å². The molecule has 162 valence electrons. The number of anilines is 3. The molecule has 0 radical (unpaired) electrons. The fourth-order valence-electron chi connectivity index (χ4n) is 4.48. The van der Waals surface area contributed by atoms with E-state index in [9.17, 15) is 0 Å². The molecule has 5 rings (SSSR count). The summed E-state index contributed by atoms with van der Waals surface area (Å²) in [6.45, 7) is 2.24. The molecule has 2 heteroatoms. The number of para-hydroxylation sites is 1. The molecule has 0 bridgehead atoms. The summed E-state index contributed by atoms with van der Waals surface area (Å²) in [5.41, 5.74) is 7.34. The first-order valence-electron chi connectivity index (χ1n) is 11.5. The molecule has 0 saturated heterocycles. The van der Waals surface area contributed by atoms with E-state index in [0.717, 1.165) is 28.7 Å². The van der Waals surface area contributed by atoms with Crippen LogP contribution in [0.4, 0.5) is 17.1 Å². The van der Waals surface area contributed by atoms with Crippen molar-refractivity contribution in [2.45, 2.75) is 19.8 Å². The van der Waals surface area contributed by atoms with Crippen molar-refractivity contribution in [3.8, 4) is 11.1 Å². The summed E-state index contributed by atoms with van der Waals surface area (Å²) in [5.74, 6) is 0. The van der Waals surface area contributed by atoms with Crippen LogP contribution in [-0.2, 0) is 6.42 Å². The molecule has 0 aliphatic carbocycles. The smallest absolute Gasteiger partial charge is 0.0540 e. The van der Waals surface area contributed by atoms with E-state index in [-0.39, 0.29) is 0 Å². The van der Waals surface area contributed by atoms with Gasteiger partial charge in [0.05, 0.1) is 5.69 Å². The van der Waals surface area contributed by atoms with Crippen LogP contribution in [-0.4, -0.2) is 0 Å². The maximum atomic E-state index is 3.53. The molecule has 0 aliphatic rings. The Balaban J connectivity index is 1.64. The zero-order chi connectivity index (χ0) is 22.6. The van der Waals surface area contributed by atoms with Gasteiger partial charge in [-0.2, -0.15) is 0 Å². The minimum Gasteiger partial charge on any atom is -0.310 e. The van der Waals surface area contributed by atoms with E-state index in [2.05, 4.69) is 143 Å². The SMILES string of the molecule is CCCc1ccc(N(c2ccccc2)c2ccc(-c3ccc(Br)cc3)cc2)c2ccccc12. The third-order valence-corrected chi connectivity index (χ3v) is 6.60. The van der Waals surface area contributed by atoms with E-state index in [0.29, 0.717) is 0 Å². The predicted octanol–water partition coefficient (Wildman–Crippen LogP) is 9.69. The lowest BCUT2D eigenvalue weighted by Gasteiger charge is -2.27. The van der Waals surface area contributed by atoms with Gasteiger partial charge in [0, 0.05) is 21.2 Å². The molecule has 0 aromatic heterocycles. The summed E-state index contributed by atoms with van der Waals surface area (Å²) in [6.07, 6.45) is 2.23. The van der Waals surface area contributed by atoms with E-state index >= 15 is 0 Å². The molecule has 0 atom stereocenters. The fourth-order valence-corrected chi connectivity index (χ4v) is 4.74. The second-order valence-electron chi connectivity index (χ2n) is 8.26. The van der Waals surface area contributed by atoms with Gasteiger partial charge in [-0.25, -0.2) is 0 Å². The third kappa shape index (κ3) is 4.44. The van der Waals surface area contributed by atoms with Crippen LogP contribution in [0.25, 0.3) is 21.9 Å². The van der Waals surface area contributed by atoms with Gasteiger partial charge in [-0.1, -0.05) is 102 Å². The zero-order valence-electron chi connectivity index (χ0n) is 18.7. The number of halogens is 1. The van der Waals surface area contributed by atoms with Crippen molar-refractivity contribution in [1.29, 1.82) is 0 Å². The number of benzene rings is 5. The van der Waals surface area contributed by atoms with Gasteiger partial charge in [0.15, 0.2) is 0 Å². The van der Waals surface area contributed by atoms with Crippen LogP contribution < -0.4 is 4.90 Å². The number of rotatable bonds is 6. The highest BCUT2D eigenvalue weighted by atomic mass is 79.9. The molecule has 5 aromatic rings.